The molecule has 2 unspecified atom stereocenters. The van der Waals surface area contributed by atoms with Gasteiger partial charge in [-0.25, -0.2) is 26.3 Å². The molecule has 0 rings (SSSR count). The third kappa shape index (κ3) is 6.41. The van der Waals surface area contributed by atoms with Crippen molar-refractivity contribution < 1.29 is 46.0 Å². The van der Waals surface area contributed by atoms with E-state index in [1.54, 1.807) is 0 Å². The lowest BCUT2D eigenvalue weighted by atomic mass is 9.92. The molecule has 0 aromatic heterocycles. The van der Waals surface area contributed by atoms with Crippen molar-refractivity contribution in [2.45, 2.75) is 25.6 Å². The molecule has 10 heteroatoms. The number of rotatable bonds is 10. The molecule has 0 fully saturated rings. The summed E-state index contributed by atoms with van der Waals surface area (Å²) < 4.78 is 80.3. The van der Waals surface area contributed by atoms with E-state index in [4.69, 9.17) is 10.2 Å². The van der Waals surface area contributed by atoms with Crippen LogP contribution >= 0.6 is 0 Å². The Labute approximate surface area is 104 Å². The molecule has 0 saturated carbocycles. The minimum Gasteiger partial charge on any atom is -0.396 e. The van der Waals surface area contributed by atoms with E-state index in [0.717, 1.165) is 0 Å². The van der Waals surface area contributed by atoms with E-state index in [1.807, 2.05) is 0 Å². The van der Waals surface area contributed by atoms with Gasteiger partial charge < -0.3 is 19.7 Å². The van der Waals surface area contributed by atoms with Gasteiger partial charge in [-0.3, -0.25) is 0 Å². The third-order valence-corrected chi connectivity index (χ3v) is 2.16. The first-order valence-corrected chi connectivity index (χ1v) is 5.07. The third-order valence-electron chi connectivity index (χ3n) is 2.16. The van der Waals surface area contributed by atoms with Crippen molar-refractivity contribution in [3.05, 3.63) is 0 Å². The summed E-state index contributed by atoms with van der Waals surface area (Å²) in [6, 6.07) is 0. The van der Waals surface area contributed by atoms with Crippen LogP contribution in [0.2, 0.25) is 0 Å². The van der Waals surface area contributed by atoms with Gasteiger partial charge in [0.25, 0.3) is 25.6 Å². The lowest BCUT2D eigenvalue weighted by Crippen LogP contribution is -2.42. The number of aliphatic hydroxyl groups excluding tert-OH is 2. The second kappa shape index (κ2) is 8.56. The molecule has 0 spiro atoms. The normalized spacial score (nSPS) is 16.1. The smallest absolute Gasteiger partial charge is 0.293 e. The zero-order valence-electron chi connectivity index (χ0n) is 9.62. The Balaban J connectivity index is 4.41. The van der Waals surface area contributed by atoms with Gasteiger partial charge in [-0.05, 0) is 0 Å². The fourth-order valence-electron chi connectivity index (χ4n) is 0.932. The largest absolute Gasteiger partial charge is 0.396 e. The van der Waals surface area contributed by atoms with E-state index < -0.39 is 57.4 Å². The maximum absolute atomic E-state index is 12.5. The van der Waals surface area contributed by atoms with Crippen LogP contribution in [0.3, 0.4) is 0 Å². The van der Waals surface area contributed by atoms with Gasteiger partial charge in [-0.15, -0.1) is 0 Å². The topological polar surface area (TPSA) is 58.9 Å². The van der Waals surface area contributed by atoms with E-state index in [2.05, 4.69) is 9.47 Å². The predicted octanol–water partition coefficient (Wildman–Crippen LogP) is 1.11. The van der Waals surface area contributed by atoms with E-state index in [0.29, 0.717) is 0 Å². The van der Waals surface area contributed by atoms with Crippen LogP contribution in [-0.4, -0.2) is 62.2 Å². The lowest BCUT2D eigenvalue weighted by Gasteiger charge is -2.30. The summed E-state index contributed by atoms with van der Waals surface area (Å²) in [6.07, 6.45) is -12.9. The second-order valence-corrected chi connectivity index (χ2v) is 3.81. The number of ether oxygens (including phenoxy) is 2. The van der Waals surface area contributed by atoms with Crippen molar-refractivity contribution >= 4 is 0 Å². The minimum absolute atomic E-state index is 0.957. The second-order valence-electron chi connectivity index (χ2n) is 3.81. The molecular formula is C9H14F6O4. The Morgan fingerprint density at radius 2 is 1.05 bits per heavy atom. The van der Waals surface area contributed by atoms with Crippen LogP contribution in [0.4, 0.5) is 26.3 Å². The molecule has 0 saturated heterocycles. The molecule has 4 nitrogen and oxygen atoms in total. The molecule has 116 valence electrons. The van der Waals surface area contributed by atoms with Crippen molar-refractivity contribution in [2.24, 2.45) is 5.41 Å². The van der Waals surface area contributed by atoms with Crippen LogP contribution in [0.25, 0.3) is 0 Å². The van der Waals surface area contributed by atoms with E-state index in [9.17, 15) is 26.3 Å². The molecular weight excluding hydrogens is 286 g/mol. The minimum atomic E-state index is -3.45. The van der Waals surface area contributed by atoms with E-state index in [-0.39, 0.29) is 0 Å². The highest BCUT2D eigenvalue weighted by molar-refractivity contribution is 4.78. The Bertz CT molecular complexity index is 219. The maximum atomic E-state index is 12.5. The average Bonchev–Trinajstić information content (AvgIpc) is 2.38. The predicted molar refractivity (Wildman–Crippen MR) is 50.3 cm³/mol. The monoisotopic (exact) mass is 300 g/mol. The molecule has 2 atom stereocenters. The Morgan fingerprint density at radius 3 is 1.26 bits per heavy atom. The average molecular weight is 300 g/mol. The molecule has 0 amide bonds. The van der Waals surface area contributed by atoms with Gasteiger partial charge in [0.2, 0.25) is 0 Å². The van der Waals surface area contributed by atoms with Gasteiger partial charge in [0.1, 0.15) is 0 Å². The van der Waals surface area contributed by atoms with E-state index >= 15 is 0 Å². The summed E-state index contributed by atoms with van der Waals surface area (Å²) in [7, 11) is 0. The first kappa shape index (κ1) is 18.4. The van der Waals surface area contributed by atoms with Gasteiger partial charge in [0.05, 0.1) is 31.8 Å². The summed E-state index contributed by atoms with van der Waals surface area (Å²) in [5, 5.41) is 17.9. The van der Waals surface area contributed by atoms with Crippen molar-refractivity contribution in [1.82, 2.24) is 0 Å². The number of halogens is 6. The summed E-state index contributed by atoms with van der Waals surface area (Å²) >= 11 is 0. The summed E-state index contributed by atoms with van der Waals surface area (Å²) in [5.41, 5.74) is -1.86. The summed E-state index contributed by atoms with van der Waals surface area (Å²) in [5.74, 6) is 0. The Kier molecular flexibility index (Phi) is 8.30. The highest BCUT2D eigenvalue weighted by Gasteiger charge is 2.35. The summed E-state index contributed by atoms with van der Waals surface area (Å²) in [6.45, 7) is -3.84. The Hall–Kier alpha value is -0.580. The van der Waals surface area contributed by atoms with Gasteiger partial charge in [-0.2, -0.15) is 0 Å². The SMILES string of the molecule is OCC(CO)(COC(F)C(F)F)COC(F)C(F)F. The number of hydrogen-bond acceptors (Lipinski definition) is 4. The highest BCUT2D eigenvalue weighted by atomic mass is 19.3. The molecule has 0 bridgehead atoms. The molecule has 0 radical (unpaired) electrons. The molecule has 0 aromatic carbocycles. The van der Waals surface area contributed by atoms with Gasteiger partial charge >= 0.3 is 0 Å². The summed E-state index contributed by atoms with van der Waals surface area (Å²) in [4.78, 5) is 0. The van der Waals surface area contributed by atoms with Crippen LogP contribution < -0.4 is 0 Å². The van der Waals surface area contributed by atoms with E-state index in [1.165, 1.54) is 0 Å². The van der Waals surface area contributed by atoms with Crippen molar-refractivity contribution in [3.8, 4) is 0 Å². The molecule has 0 heterocycles. The zero-order valence-corrected chi connectivity index (χ0v) is 9.62. The van der Waals surface area contributed by atoms with Crippen molar-refractivity contribution in [2.75, 3.05) is 26.4 Å². The molecule has 2 N–H and O–H groups in total. The van der Waals surface area contributed by atoms with Gasteiger partial charge in [-0.1, -0.05) is 0 Å². The molecule has 0 aromatic rings. The zero-order chi connectivity index (χ0) is 15.1. The van der Waals surface area contributed by atoms with Crippen molar-refractivity contribution in [1.29, 1.82) is 0 Å². The van der Waals surface area contributed by atoms with Crippen LogP contribution in [0, 0.1) is 5.41 Å². The number of alkyl halides is 6. The molecule has 0 aliphatic heterocycles. The van der Waals surface area contributed by atoms with Gasteiger partial charge in [0, 0.05) is 0 Å². The first-order valence-electron chi connectivity index (χ1n) is 5.07. The maximum Gasteiger partial charge on any atom is 0.293 e. The lowest BCUT2D eigenvalue weighted by molar-refractivity contribution is -0.194. The van der Waals surface area contributed by atoms with Crippen LogP contribution in [0.15, 0.2) is 0 Å². The number of hydrogen-bond donors (Lipinski definition) is 2. The van der Waals surface area contributed by atoms with Crippen LogP contribution in [0.5, 0.6) is 0 Å². The fourth-order valence-corrected chi connectivity index (χ4v) is 0.932. The molecule has 0 aliphatic rings. The standard InChI is InChI=1S/C9H14F6O4/c10-5(11)7(14)18-3-9(1-16,2-17)4-19-8(15)6(12)13/h5-8,16-17H,1-4H2. The number of aliphatic hydroxyl groups is 2. The molecule has 0 aliphatic carbocycles. The van der Waals surface area contributed by atoms with Crippen LogP contribution in [-0.2, 0) is 9.47 Å². The fraction of sp³-hybridized carbons (Fsp3) is 1.00. The highest BCUT2D eigenvalue weighted by Crippen LogP contribution is 2.21. The van der Waals surface area contributed by atoms with Crippen molar-refractivity contribution in [3.63, 3.8) is 0 Å². The van der Waals surface area contributed by atoms with Gasteiger partial charge in [0.15, 0.2) is 0 Å². The Morgan fingerprint density at radius 1 is 0.737 bits per heavy atom. The molecule has 19 heavy (non-hydrogen) atoms. The first-order chi connectivity index (χ1) is 8.78. The quantitative estimate of drug-likeness (QED) is 0.594. The van der Waals surface area contributed by atoms with Crippen LogP contribution in [0.1, 0.15) is 0 Å².